The fourth-order valence-corrected chi connectivity index (χ4v) is 3.79. The van der Waals surface area contributed by atoms with Crippen LogP contribution in [0.3, 0.4) is 0 Å². The number of aryl methyl sites for hydroxylation is 1. The van der Waals surface area contributed by atoms with E-state index in [1.807, 2.05) is 37.3 Å². The van der Waals surface area contributed by atoms with Gasteiger partial charge in [-0.25, -0.2) is 4.79 Å². The summed E-state index contributed by atoms with van der Waals surface area (Å²) in [5.74, 6) is 0.871. The van der Waals surface area contributed by atoms with Crippen molar-refractivity contribution in [1.82, 2.24) is 9.55 Å². The fourth-order valence-electron chi connectivity index (χ4n) is 2.80. The van der Waals surface area contributed by atoms with Gasteiger partial charge in [0.05, 0.1) is 16.0 Å². The molecule has 0 radical (unpaired) electrons. The number of hydrogen-bond acceptors (Lipinski definition) is 4. The van der Waals surface area contributed by atoms with Crippen molar-refractivity contribution < 1.29 is 4.92 Å². The molecule has 2 aromatic carbocycles. The van der Waals surface area contributed by atoms with Crippen LogP contribution in [0.5, 0.6) is 0 Å². The summed E-state index contributed by atoms with van der Waals surface area (Å²) >= 11 is 1.73. The second-order valence-corrected chi connectivity index (χ2v) is 7.27. The van der Waals surface area contributed by atoms with E-state index >= 15 is 0 Å². The number of nitro groups is 1. The van der Waals surface area contributed by atoms with Crippen molar-refractivity contribution in [1.29, 1.82) is 0 Å². The van der Waals surface area contributed by atoms with Gasteiger partial charge in [0.15, 0.2) is 0 Å². The smallest absolute Gasteiger partial charge is 0.306 e. The van der Waals surface area contributed by atoms with Crippen LogP contribution in [0.25, 0.3) is 11.0 Å². The molecule has 1 aromatic heterocycles. The van der Waals surface area contributed by atoms with Gasteiger partial charge in [-0.2, -0.15) is 11.8 Å². The van der Waals surface area contributed by atoms with Crippen LogP contribution < -0.4 is 5.69 Å². The lowest BCUT2D eigenvalue weighted by Gasteiger charge is -2.11. The number of nitrogens with one attached hydrogen (secondary N) is 1. The van der Waals surface area contributed by atoms with Crippen LogP contribution in [0, 0.1) is 10.1 Å². The van der Waals surface area contributed by atoms with E-state index in [4.69, 9.17) is 0 Å². The summed E-state index contributed by atoms with van der Waals surface area (Å²) in [5.41, 5.74) is 2.76. The van der Waals surface area contributed by atoms with Gasteiger partial charge in [0.1, 0.15) is 0 Å². The number of imidazole rings is 1. The van der Waals surface area contributed by atoms with Crippen LogP contribution in [0.15, 0.2) is 53.3 Å². The van der Waals surface area contributed by atoms with Gasteiger partial charge in [0, 0.05) is 23.9 Å². The van der Waals surface area contributed by atoms with Gasteiger partial charge in [-0.3, -0.25) is 14.7 Å². The Morgan fingerprint density at radius 3 is 2.84 bits per heavy atom. The molecule has 0 aliphatic carbocycles. The molecule has 0 unspecified atom stereocenters. The van der Waals surface area contributed by atoms with E-state index in [1.54, 1.807) is 28.5 Å². The third-order valence-electron chi connectivity index (χ3n) is 4.13. The molecule has 0 saturated carbocycles. The monoisotopic (exact) mass is 357 g/mol. The van der Waals surface area contributed by atoms with Crippen LogP contribution >= 0.6 is 11.8 Å². The molecule has 1 atom stereocenters. The SMILES string of the molecule is C[C@@H](SCCCn1c(=O)[nH]c2ccccc21)c1cccc([N+](=O)[O-])c1. The highest BCUT2D eigenvalue weighted by Crippen LogP contribution is 2.30. The van der Waals surface area contributed by atoms with Crippen molar-refractivity contribution >= 4 is 28.5 Å². The average molecular weight is 357 g/mol. The Labute approximate surface area is 149 Å². The molecule has 1 heterocycles. The molecule has 0 aliphatic rings. The van der Waals surface area contributed by atoms with E-state index in [0.29, 0.717) is 6.54 Å². The minimum Gasteiger partial charge on any atom is -0.306 e. The van der Waals surface area contributed by atoms with Crippen molar-refractivity contribution in [2.45, 2.75) is 25.1 Å². The molecule has 7 heteroatoms. The summed E-state index contributed by atoms with van der Waals surface area (Å²) in [6.45, 7) is 2.69. The third kappa shape index (κ3) is 3.93. The Morgan fingerprint density at radius 1 is 1.24 bits per heavy atom. The second kappa shape index (κ2) is 7.57. The lowest BCUT2D eigenvalue weighted by atomic mass is 10.1. The van der Waals surface area contributed by atoms with Gasteiger partial charge in [0.25, 0.3) is 5.69 Å². The lowest BCUT2D eigenvalue weighted by molar-refractivity contribution is -0.384. The minimum absolute atomic E-state index is 0.0852. The number of benzene rings is 2. The van der Waals surface area contributed by atoms with Crippen molar-refractivity contribution in [2.24, 2.45) is 0 Å². The molecule has 1 N–H and O–H groups in total. The number of aromatic amines is 1. The second-order valence-electron chi connectivity index (χ2n) is 5.82. The Kier molecular flexibility index (Phi) is 5.23. The number of fused-ring (bicyclic) bond motifs is 1. The zero-order valence-corrected chi connectivity index (χ0v) is 14.7. The first-order valence-corrected chi connectivity index (χ1v) is 9.14. The van der Waals surface area contributed by atoms with Crippen molar-refractivity contribution in [3.8, 4) is 0 Å². The minimum atomic E-state index is -0.371. The highest BCUT2D eigenvalue weighted by atomic mass is 32.2. The molecule has 0 aliphatic heterocycles. The predicted molar refractivity (Wildman–Crippen MR) is 101 cm³/mol. The molecule has 0 fully saturated rings. The number of thioether (sulfide) groups is 1. The first-order valence-electron chi connectivity index (χ1n) is 8.10. The molecule has 0 bridgehead atoms. The Bertz CT molecular complexity index is 948. The summed E-state index contributed by atoms with van der Waals surface area (Å²) in [6.07, 6.45) is 0.853. The molecule has 0 saturated heterocycles. The van der Waals surface area contributed by atoms with E-state index in [0.717, 1.165) is 28.8 Å². The molecule has 0 amide bonds. The quantitative estimate of drug-likeness (QED) is 0.392. The standard InChI is InChI=1S/C18H19N3O3S/c1-13(14-6-4-7-15(12-14)21(23)24)25-11-5-10-20-17-9-3-2-8-16(17)19-18(20)22/h2-4,6-9,12-13H,5,10-11H2,1H3,(H,19,22)/t13-/m1/s1. The number of non-ortho nitro benzene ring substituents is 1. The molecular formula is C18H19N3O3S. The molecule has 3 aromatic rings. The third-order valence-corrected chi connectivity index (χ3v) is 5.42. The predicted octanol–water partition coefficient (Wildman–Crippen LogP) is 4.12. The van der Waals surface area contributed by atoms with Gasteiger partial charge in [0.2, 0.25) is 0 Å². The highest BCUT2D eigenvalue weighted by Gasteiger charge is 2.11. The van der Waals surface area contributed by atoms with Gasteiger partial charge >= 0.3 is 5.69 Å². The van der Waals surface area contributed by atoms with Crippen LogP contribution in [-0.2, 0) is 6.54 Å². The normalized spacial score (nSPS) is 12.4. The van der Waals surface area contributed by atoms with Gasteiger partial charge in [-0.15, -0.1) is 0 Å². The fraction of sp³-hybridized carbons (Fsp3) is 0.278. The van der Waals surface area contributed by atoms with Gasteiger partial charge in [-0.05, 0) is 36.8 Å². The number of H-pyrrole nitrogens is 1. The molecular weight excluding hydrogens is 338 g/mol. The first-order chi connectivity index (χ1) is 12.1. The Balaban J connectivity index is 1.58. The maximum atomic E-state index is 12.0. The highest BCUT2D eigenvalue weighted by molar-refractivity contribution is 7.99. The van der Waals surface area contributed by atoms with Crippen molar-refractivity contribution in [3.63, 3.8) is 0 Å². The maximum Gasteiger partial charge on any atom is 0.326 e. The maximum absolute atomic E-state index is 12.0. The number of hydrogen-bond donors (Lipinski definition) is 1. The summed E-state index contributed by atoms with van der Waals surface area (Å²) in [5, 5.41) is 11.0. The summed E-state index contributed by atoms with van der Waals surface area (Å²) in [7, 11) is 0. The van der Waals surface area contributed by atoms with Crippen LogP contribution in [-0.4, -0.2) is 20.2 Å². The van der Waals surface area contributed by atoms with Crippen LogP contribution in [0.4, 0.5) is 5.69 Å². The molecule has 6 nitrogen and oxygen atoms in total. The number of aromatic nitrogens is 2. The summed E-state index contributed by atoms with van der Waals surface area (Å²) < 4.78 is 1.76. The average Bonchev–Trinajstić information content (AvgIpc) is 2.94. The molecule has 25 heavy (non-hydrogen) atoms. The van der Waals surface area contributed by atoms with Crippen LogP contribution in [0.1, 0.15) is 24.2 Å². The zero-order valence-electron chi connectivity index (χ0n) is 13.8. The number of nitro benzene ring substituents is 1. The summed E-state index contributed by atoms with van der Waals surface area (Å²) in [6, 6.07) is 14.4. The van der Waals surface area contributed by atoms with Gasteiger partial charge < -0.3 is 4.98 Å². The lowest BCUT2D eigenvalue weighted by Crippen LogP contribution is -2.17. The topological polar surface area (TPSA) is 80.9 Å². The van der Waals surface area contributed by atoms with Crippen molar-refractivity contribution in [3.05, 3.63) is 74.7 Å². The zero-order chi connectivity index (χ0) is 17.8. The number of rotatable bonds is 7. The number of para-hydroxylation sites is 2. The molecule has 0 spiro atoms. The van der Waals surface area contributed by atoms with Gasteiger partial charge in [-0.1, -0.05) is 24.3 Å². The van der Waals surface area contributed by atoms with E-state index in [2.05, 4.69) is 4.98 Å². The summed E-state index contributed by atoms with van der Waals surface area (Å²) in [4.78, 5) is 25.4. The first kappa shape index (κ1) is 17.3. The number of nitrogens with zero attached hydrogens (tertiary/aromatic N) is 2. The van der Waals surface area contributed by atoms with Crippen molar-refractivity contribution in [2.75, 3.05) is 5.75 Å². The van der Waals surface area contributed by atoms with E-state index in [1.165, 1.54) is 6.07 Å². The Hall–Kier alpha value is -2.54. The van der Waals surface area contributed by atoms with E-state index in [9.17, 15) is 14.9 Å². The molecule has 130 valence electrons. The van der Waals surface area contributed by atoms with Crippen LogP contribution in [0.2, 0.25) is 0 Å². The Morgan fingerprint density at radius 2 is 2.04 bits per heavy atom. The largest absolute Gasteiger partial charge is 0.326 e. The van der Waals surface area contributed by atoms with E-state index < -0.39 is 0 Å². The van der Waals surface area contributed by atoms with E-state index in [-0.39, 0.29) is 21.6 Å². The molecule has 3 rings (SSSR count).